The summed E-state index contributed by atoms with van der Waals surface area (Å²) >= 11 is 0. The first kappa shape index (κ1) is 10.6. The molecular weight excluding hydrogens is 216 g/mol. The summed E-state index contributed by atoms with van der Waals surface area (Å²) in [6.45, 7) is 3.76. The van der Waals surface area contributed by atoms with Gasteiger partial charge in [-0.05, 0) is 13.8 Å². The molecule has 3 aliphatic rings. The molecule has 3 aliphatic heterocycles. The van der Waals surface area contributed by atoms with Gasteiger partial charge in [0.2, 0.25) is 0 Å². The Morgan fingerprint density at radius 2 is 1.88 bits per heavy atom. The number of rotatable bonds is 1. The van der Waals surface area contributed by atoms with Crippen molar-refractivity contribution in [3.8, 4) is 0 Å². The lowest BCUT2D eigenvalue weighted by atomic mass is 10.00. The molecule has 6 nitrogen and oxygen atoms in total. The van der Waals surface area contributed by atoms with Crippen molar-refractivity contribution in [1.82, 2.24) is 0 Å². The van der Waals surface area contributed by atoms with Crippen molar-refractivity contribution >= 4 is 6.29 Å². The fourth-order valence-corrected chi connectivity index (χ4v) is 2.38. The van der Waals surface area contributed by atoms with Crippen LogP contribution in [0.2, 0.25) is 0 Å². The minimum Gasteiger partial charge on any atom is -0.346 e. The molecule has 90 valence electrons. The van der Waals surface area contributed by atoms with E-state index in [1.807, 2.05) is 0 Å². The largest absolute Gasteiger partial charge is 0.346 e. The molecule has 5 atom stereocenters. The first-order valence-electron chi connectivity index (χ1n) is 5.30. The van der Waals surface area contributed by atoms with E-state index in [0.29, 0.717) is 0 Å². The fourth-order valence-electron chi connectivity index (χ4n) is 2.38. The predicted octanol–water partition coefficient (Wildman–Crippen LogP) is -0.197. The summed E-state index contributed by atoms with van der Waals surface area (Å²) in [6.07, 6.45) is -1.51. The van der Waals surface area contributed by atoms with Gasteiger partial charge in [-0.2, -0.15) is 0 Å². The second kappa shape index (κ2) is 3.48. The SMILES string of the molecule is CC1(C)OC2O[C@@H](C=O)[C@H]3OCO[C@H]3[C@@H]2O1. The van der Waals surface area contributed by atoms with E-state index in [2.05, 4.69) is 0 Å². The molecule has 16 heavy (non-hydrogen) atoms. The number of hydrogen-bond donors (Lipinski definition) is 0. The Bertz CT molecular complexity index is 304. The van der Waals surface area contributed by atoms with Gasteiger partial charge >= 0.3 is 0 Å². The fraction of sp³-hybridized carbons (Fsp3) is 0.900. The second-order valence-corrected chi connectivity index (χ2v) is 4.59. The van der Waals surface area contributed by atoms with Crippen LogP contribution in [-0.2, 0) is 28.5 Å². The second-order valence-electron chi connectivity index (χ2n) is 4.59. The normalized spacial score (nSPS) is 49.8. The van der Waals surface area contributed by atoms with Gasteiger partial charge in [-0.3, -0.25) is 0 Å². The highest BCUT2D eigenvalue weighted by Crippen LogP contribution is 2.39. The van der Waals surface area contributed by atoms with E-state index in [4.69, 9.17) is 23.7 Å². The van der Waals surface area contributed by atoms with E-state index >= 15 is 0 Å². The molecule has 3 rings (SSSR count). The van der Waals surface area contributed by atoms with Gasteiger partial charge in [-0.25, -0.2) is 0 Å². The molecule has 6 heteroatoms. The third-order valence-corrected chi connectivity index (χ3v) is 3.01. The van der Waals surface area contributed by atoms with Crippen LogP contribution in [0, 0.1) is 0 Å². The van der Waals surface area contributed by atoms with Crippen LogP contribution in [0.1, 0.15) is 13.8 Å². The van der Waals surface area contributed by atoms with E-state index in [1.54, 1.807) is 13.8 Å². The van der Waals surface area contributed by atoms with Gasteiger partial charge in [-0.15, -0.1) is 0 Å². The van der Waals surface area contributed by atoms with Gasteiger partial charge in [0, 0.05) is 0 Å². The van der Waals surface area contributed by atoms with Crippen LogP contribution in [0.5, 0.6) is 0 Å². The third-order valence-electron chi connectivity index (χ3n) is 3.01. The summed E-state index contributed by atoms with van der Waals surface area (Å²) in [6, 6.07) is 0. The van der Waals surface area contributed by atoms with Crippen LogP contribution in [-0.4, -0.2) is 49.6 Å². The highest BCUT2D eigenvalue weighted by Gasteiger charge is 2.57. The molecule has 0 amide bonds. The standard InChI is InChI=1S/C10H14O6/c1-10(2)15-8-7-6(12-4-13-7)5(3-11)14-9(8)16-10/h3,5-9H,4H2,1-2H3/t5-,6+,7+,8-,9?/m0/s1. The van der Waals surface area contributed by atoms with Gasteiger partial charge in [0.15, 0.2) is 18.4 Å². The molecule has 0 N–H and O–H groups in total. The van der Waals surface area contributed by atoms with E-state index in [-0.39, 0.29) is 19.0 Å². The van der Waals surface area contributed by atoms with Crippen LogP contribution in [0.15, 0.2) is 0 Å². The molecule has 0 saturated carbocycles. The van der Waals surface area contributed by atoms with Crippen LogP contribution < -0.4 is 0 Å². The van der Waals surface area contributed by atoms with Crippen molar-refractivity contribution in [2.75, 3.05) is 6.79 Å². The molecule has 0 spiro atoms. The minimum atomic E-state index is -0.719. The Hall–Kier alpha value is -0.530. The van der Waals surface area contributed by atoms with Crippen LogP contribution >= 0.6 is 0 Å². The van der Waals surface area contributed by atoms with Crippen LogP contribution in [0.3, 0.4) is 0 Å². The van der Waals surface area contributed by atoms with Gasteiger partial charge < -0.3 is 28.5 Å². The summed E-state index contributed by atoms with van der Waals surface area (Å²) in [5.41, 5.74) is 0. The maximum atomic E-state index is 10.9. The van der Waals surface area contributed by atoms with Crippen molar-refractivity contribution in [3.63, 3.8) is 0 Å². The maximum absolute atomic E-state index is 10.9. The Kier molecular flexibility index (Phi) is 2.31. The van der Waals surface area contributed by atoms with Crippen molar-refractivity contribution < 1.29 is 28.5 Å². The number of carbonyl (C=O) groups excluding carboxylic acids is 1. The first-order valence-corrected chi connectivity index (χ1v) is 5.30. The molecule has 1 unspecified atom stereocenters. The van der Waals surface area contributed by atoms with E-state index < -0.39 is 24.3 Å². The van der Waals surface area contributed by atoms with E-state index in [0.717, 1.165) is 6.29 Å². The highest BCUT2D eigenvalue weighted by molar-refractivity contribution is 5.58. The molecule has 0 aromatic carbocycles. The quantitative estimate of drug-likeness (QED) is 0.581. The first-order chi connectivity index (χ1) is 7.61. The molecule has 0 aromatic heterocycles. The zero-order valence-electron chi connectivity index (χ0n) is 9.12. The summed E-state index contributed by atoms with van der Waals surface area (Å²) in [5.74, 6) is -0.719. The zero-order valence-corrected chi connectivity index (χ0v) is 9.12. The molecule has 3 saturated heterocycles. The molecule has 3 fully saturated rings. The molecule has 3 heterocycles. The third kappa shape index (κ3) is 1.49. The molecule has 0 bridgehead atoms. The average Bonchev–Trinajstić information content (AvgIpc) is 2.78. The number of ether oxygens (including phenoxy) is 5. The van der Waals surface area contributed by atoms with Crippen LogP contribution in [0.4, 0.5) is 0 Å². The Balaban J connectivity index is 1.86. The Morgan fingerprint density at radius 1 is 1.12 bits per heavy atom. The number of aldehydes is 1. The summed E-state index contributed by atoms with van der Waals surface area (Å²) < 4.78 is 27.5. The number of hydrogen-bond acceptors (Lipinski definition) is 6. The van der Waals surface area contributed by atoms with Gasteiger partial charge in [0.1, 0.15) is 31.2 Å². The Labute approximate surface area is 92.7 Å². The summed E-state index contributed by atoms with van der Waals surface area (Å²) in [7, 11) is 0. The van der Waals surface area contributed by atoms with Gasteiger partial charge in [-0.1, -0.05) is 0 Å². The smallest absolute Gasteiger partial charge is 0.190 e. The lowest BCUT2D eigenvalue weighted by Gasteiger charge is -2.34. The zero-order chi connectivity index (χ0) is 11.3. The topological polar surface area (TPSA) is 63.2 Å². The van der Waals surface area contributed by atoms with Crippen molar-refractivity contribution in [2.24, 2.45) is 0 Å². The molecule has 0 radical (unpaired) electrons. The van der Waals surface area contributed by atoms with Crippen LogP contribution in [0.25, 0.3) is 0 Å². The molecular formula is C10H14O6. The maximum Gasteiger partial charge on any atom is 0.190 e. The lowest BCUT2D eigenvalue weighted by Crippen LogP contribution is -2.55. The Morgan fingerprint density at radius 3 is 2.62 bits per heavy atom. The van der Waals surface area contributed by atoms with Gasteiger partial charge in [0.25, 0.3) is 0 Å². The molecule has 0 aliphatic carbocycles. The molecule has 0 aromatic rings. The van der Waals surface area contributed by atoms with E-state index in [9.17, 15) is 4.79 Å². The monoisotopic (exact) mass is 230 g/mol. The van der Waals surface area contributed by atoms with Crippen molar-refractivity contribution in [1.29, 1.82) is 0 Å². The highest BCUT2D eigenvalue weighted by atomic mass is 16.8. The minimum absolute atomic E-state index is 0.163. The summed E-state index contributed by atoms with van der Waals surface area (Å²) in [5, 5.41) is 0. The van der Waals surface area contributed by atoms with E-state index in [1.165, 1.54) is 0 Å². The van der Waals surface area contributed by atoms with Crippen molar-refractivity contribution in [3.05, 3.63) is 0 Å². The van der Waals surface area contributed by atoms with Crippen molar-refractivity contribution in [2.45, 2.75) is 50.3 Å². The number of fused-ring (bicyclic) bond motifs is 3. The average molecular weight is 230 g/mol. The predicted molar refractivity (Wildman–Crippen MR) is 49.4 cm³/mol. The number of carbonyl (C=O) groups is 1. The van der Waals surface area contributed by atoms with Gasteiger partial charge in [0.05, 0.1) is 0 Å². The summed E-state index contributed by atoms with van der Waals surface area (Å²) in [4.78, 5) is 10.9. The lowest BCUT2D eigenvalue weighted by molar-refractivity contribution is -0.225.